The third-order valence-electron chi connectivity index (χ3n) is 2.39. The van der Waals surface area contributed by atoms with Crippen LogP contribution in [0.15, 0.2) is 12.3 Å². The number of carbonyl (C=O) groups excluding carboxylic acids is 1. The molecule has 1 aromatic heterocycles. The van der Waals surface area contributed by atoms with Crippen LogP contribution >= 0.6 is 15.9 Å². The normalized spacial score (nSPS) is 10.5. The molecular formula is C11H17BrN2O. The van der Waals surface area contributed by atoms with E-state index in [9.17, 15) is 4.79 Å². The van der Waals surface area contributed by atoms with Crippen molar-refractivity contribution >= 4 is 21.7 Å². The highest BCUT2D eigenvalue weighted by atomic mass is 79.9. The monoisotopic (exact) mass is 272 g/mol. The maximum atomic E-state index is 11.6. The summed E-state index contributed by atoms with van der Waals surface area (Å²) in [6.07, 6.45) is 6.22. The smallest absolute Gasteiger partial charge is 0.138 e. The van der Waals surface area contributed by atoms with E-state index in [1.165, 1.54) is 0 Å². The van der Waals surface area contributed by atoms with Crippen LogP contribution in [0.5, 0.6) is 0 Å². The molecule has 4 heteroatoms. The summed E-state index contributed by atoms with van der Waals surface area (Å²) in [5.74, 6) is 0.313. The van der Waals surface area contributed by atoms with Gasteiger partial charge in [0.1, 0.15) is 5.78 Å². The molecule has 1 aromatic rings. The quantitative estimate of drug-likeness (QED) is 0.565. The van der Waals surface area contributed by atoms with Gasteiger partial charge in [-0.2, -0.15) is 5.10 Å². The SMILES string of the molecule is Cn1nccc1CC(=O)CCCCCBr. The fourth-order valence-corrected chi connectivity index (χ4v) is 1.86. The van der Waals surface area contributed by atoms with Crippen molar-refractivity contribution in [3.63, 3.8) is 0 Å². The molecule has 0 aromatic carbocycles. The molecule has 0 fully saturated rings. The molecule has 0 aliphatic rings. The summed E-state index contributed by atoms with van der Waals surface area (Å²) in [6, 6.07) is 1.90. The Kier molecular flexibility index (Phi) is 5.61. The van der Waals surface area contributed by atoms with Gasteiger partial charge in [0, 0.05) is 37.1 Å². The predicted octanol–water partition coefficient (Wildman–Crippen LogP) is 2.49. The Balaban J connectivity index is 2.22. The van der Waals surface area contributed by atoms with E-state index < -0.39 is 0 Å². The first-order valence-electron chi connectivity index (χ1n) is 5.28. The summed E-state index contributed by atoms with van der Waals surface area (Å²) in [4.78, 5) is 11.6. The molecule has 15 heavy (non-hydrogen) atoms. The first kappa shape index (κ1) is 12.4. The Labute approximate surface area is 99.0 Å². The fraction of sp³-hybridized carbons (Fsp3) is 0.636. The number of hydrogen-bond acceptors (Lipinski definition) is 2. The lowest BCUT2D eigenvalue weighted by molar-refractivity contribution is -0.118. The van der Waals surface area contributed by atoms with Crippen molar-refractivity contribution in [3.8, 4) is 0 Å². The van der Waals surface area contributed by atoms with Crippen LogP contribution in [0, 0.1) is 0 Å². The van der Waals surface area contributed by atoms with E-state index in [4.69, 9.17) is 0 Å². The van der Waals surface area contributed by atoms with E-state index in [0.29, 0.717) is 18.6 Å². The summed E-state index contributed by atoms with van der Waals surface area (Å²) >= 11 is 3.38. The average molecular weight is 273 g/mol. The van der Waals surface area contributed by atoms with Crippen molar-refractivity contribution < 1.29 is 4.79 Å². The lowest BCUT2D eigenvalue weighted by atomic mass is 10.1. The summed E-state index contributed by atoms with van der Waals surface area (Å²) < 4.78 is 1.76. The topological polar surface area (TPSA) is 34.9 Å². The fourth-order valence-electron chi connectivity index (χ4n) is 1.46. The number of aromatic nitrogens is 2. The molecule has 0 aliphatic carbocycles. The molecule has 0 N–H and O–H groups in total. The van der Waals surface area contributed by atoms with Gasteiger partial charge in [-0.3, -0.25) is 9.48 Å². The molecule has 0 aliphatic heterocycles. The molecule has 1 rings (SSSR count). The highest BCUT2D eigenvalue weighted by Gasteiger charge is 2.06. The van der Waals surface area contributed by atoms with Crippen molar-refractivity contribution in [3.05, 3.63) is 18.0 Å². The van der Waals surface area contributed by atoms with Gasteiger partial charge >= 0.3 is 0 Å². The summed E-state index contributed by atoms with van der Waals surface area (Å²) in [7, 11) is 1.87. The van der Waals surface area contributed by atoms with Crippen LogP contribution in [-0.4, -0.2) is 20.9 Å². The number of hydrogen-bond donors (Lipinski definition) is 0. The second-order valence-corrected chi connectivity index (χ2v) is 4.45. The molecule has 0 amide bonds. The van der Waals surface area contributed by atoms with Gasteiger partial charge in [-0.1, -0.05) is 22.4 Å². The molecular weight excluding hydrogens is 256 g/mol. The van der Waals surface area contributed by atoms with Crippen LogP contribution in [0.25, 0.3) is 0 Å². The zero-order chi connectivity index (χ0) is 11.1. The van der Waals surface area contributed by atoms with Gasteiger partial charge in [-0.05, 0) is 18.9 Å². The molecule has 0 atom stereocenters. The van der Waals surface area contributed by atoms with Gasteiger partial charge in [0.25, 0.3) is 0 Å². The Hall–Kier alpha value is -0.640. The Morgan fingerprint density at radius 2 is 2.27 bits per heavy atom. The maximum absolute atomic E-state index is 11.6. The van der Waals surface area contributed by atoms with Gasteiger partial charge in [0.05, 0.1) is 0 Å². The van der Waals surface area contributed by atoms with Crippen LogP contribution in [0.1, 0.15) is 31.4 Å². The third-order valence-corrected chi connectivity index (χ3v) is 2.95. The van der Waals surface area contributed by atoms with Gasteiger partial charge < -0.3 is 0 Å². The van der Waals surface area contributed by atoms with E-state index in [2.05, 4.69) is 21.0 Å². The minimum Gasteiger partial charge on any atom is -0.299 e. The zero-order valence-electron chi connectivity index (χ0n) is 9.08. The molecule has 0 spiro atoms. The molecule has 0 saturated heterocycles. The van der Waals surface area contributed by atoms with E-state index >= 15 is 0 Å². The first-order chi connectivity index (χ1) is 7.24. The third kappa shape index (κ3) is 4.60. The van der Waals surface area contributed by atoms with Crippen molar-refractivity contribution in [2.75, 3.05) is 5.33 Å². The van der Waals surface area contributed by atoms with E-state index in [1.807, 2.05) is 13.1 Å². The standard InChI is InChI=1S/C11H17BrN2O/c1-14-10(6-8-13-14)9-11(15)5-3-2-4-7-12/h6,8H,2-5,7,9H2,1H3. The van der Waals surface area contributed by atoms with Crippen LogP contribution in [0.3, 0.4) is 0 Å². The number of Topliss-reactive ketones (excluding diaryl/α,β-unsaturated/α-hetero) is 1. The van der Waals surface area contributed by atoms with Crippen LogP contribution in [0.2, 0.25) is 0 Å². The Morgan fingerprint density at radius 1 is 1.47 bits per heavy atom. The zero-order valence-corrected chi connectivity index (χ0v) is 10.7. The Bertz CT molecular complexity index is 309. The number of rotatable bonds is 7. The van der Waals surface area contributed by atoms with E-state index in [-0.39, 0.29) is 0 Å². The average Bonchev–Trinajstić information content (AvgIpc) is 2.59. The van der Waals surface area contributed by atoms with Crippen LogP contribution in [0.4, 0.5) is 0 Å². The summed E-state index contributed by atoms with van der Waals surface area (Å²) in [5.41, 5.74) is 1.00. The van der Waals surface area contributed by atoms with Gasteiger partial charge in [-0.15, -0.1) is 0 Å². The minimum absolute atomic E-state index is 0.313. The van der Waals surface area contributed by atoms with Crippen LogP contribution < -0.4 is 0 Å². The molecule has 3 nitrogen and oxygen atoms in total. The van der Waals surface area contributed by atoms with Crippen molar-refractivity contribution in [2.24, 2.45) is 7.05 Å². The number of carbonyl (C=O) groups is 1. The summed E-state index contributed by atoms with van der Waals surface area (Å²) in [5, 5.41) is 5.07. The maximum Gasteiger partial charge on any atom is 0.138 e. The molecule has 1 heterocycles. The second kappa shape index (κ2) is 6.77. The van der Waals surface area contributed by atoms with Crippen molar-refractivity contribution in [2.45, 2.75) is 32.1 Å². The lowest BCUT2D eigenvalue weighted by Crippen LogP contribution is -2.07. The molecule has 0 unspecified atom stereocenters. The number of nitrogens with zero attached hydrogens (tertiary/aromatic N) is 2. The summed E-state index contributed by atoms with van der Waals surface area (Å²) in [6.45, 7) is 0. The van der Waals surface area contributed by atoms with Gasteiger partial charge in [0.2, 0.25) is 0 Å². The lowest BCUT2D eigenvalue weighted by Gasteiger charge is -2.01. The van der Waals surface area contributed by atoms with Gasteiger partial charge in [0.15, 0.2) is 0 Å². The molecule has 0 bridgehead atoms. The highest BCUT2D eigenvalue weighted by Crippen LogP contribution is 2.06. The molecule has 84 valence electrons. The Morgan fingerprint density at radius 3 is 2.87 bits per heavy atom. The number of alkyl halides is 1. The number of aryl methyl sites for hydroxylation is 1. The largest absolute Gasteiger partial charge is 0.299 e. The highest BCUT2D eigenvalue weighted by molar-refractivity contribution is 9.09. The molecule has 0 radical (unpaired) electrons. The number of unbranched alkanes of at least 4 members (excludes halogenated alkanes) is 2. The predicted molar refractivity (Wildman–Crippen MR) is 64.2 cm³/mol. The molecule has 0 saturated carbocycles. The number of halogens is 1. The van der Waals surface area contributed by atoms with Crippen LogP contribution in [-0.2, 0) is 18.3 Å². The first-order valence-corrected chi connectivity index (χ1v) is 6.40. The van der Waals surface area contributed by atoms with Crippen molar-refractivity contribution in [1.29, 1.82) is 0 Å². The van der Waals surface area contributed by atoms with E-state index in [0.717, 1.165) is 30.3 Å². The van der Waals surface area contributed by atoms with Crippen molar-refractivity contribution in [1.82, 2.24) is 9.78 Å². The minimum atomic E-state index is 0.313. The van der Waals surface area contributed by atoms with Gasteiger partial charge in [-0.25, -0.2) is 0 Å². The van der Waals surface area contributed by atoms with E-state index in [1.54, 1.807) is 10.9 Å². The second-order valence-electron chi connectivity index (χ2n) is 3.66. The number of ketones is 1.